The average molecular weight is 384 g/mol. The van der Waals surface area contributed by atoms with Crippen LogP contribution in [0.15, 0.2) is 23.1 Å². The van der Waals surface area contributed by atoms with Gasteiger partial charge in [-0.05, 0) is 53.2 Å². The van der Waals surface area contributed by atoms with E-state index in [2.05, 4.69) is 10.0 Å². The zero-order valence-electron chi connectivity index (χ0n) is 16.1. The standard InChI is InChI=1S/C18H28N2O5S/c1-12-7-8-14(13(2)11-12)26(24,25)19-10-9-15(21)20-18(5,6)17(3,4)16(22)23/h7-8,11,19H,9-10H2,1-6H3,(H,20,21)(H,22,23). The second-order valence-corrected chi connectivity index (χ2v) is 9.26. The smallest absolute Gasteiger partial charge is 0.311 e. The summed E-state index contributed by atoms with van der Waals surface area (Å²) in [6.45, 7) is 9.81. The Bertz CT molecular complexity index is 798. The van der Waals surface area contributed by atoms with E-state index < -0.39 is 32.9 Å². The first-order valence-corrected chi connectivity index (χ1v) is 9.80. The number of aliphatic carboxylic acids is 1. The first kappa shape index (κ1) is 22.1. The van der Waals surface area contributed by atoms with E-state index in [1.165, 1.54) is 19.9 Å². The Hall–Kier alpha value is -1.93. The molecule has 0 heterocycles. The van der Waals surface area contributed by atoms with Gasteiger partial charge in [-0.3, -0.25) is 9.59 Å². The minimum Gasteiger partial charge on any atom is -0.481 e. The monoisotopic (exact) mass is 384 g/mol. The van der Waals surface area contributed by atoms with E-state index in [4.69, 9.17) is 0 Å². The molecule has 26 heavy (non-hydrogen) atoms. The fourth-order valence-electron chi connectivity index (χ4n) is 2.31. The molecule has 0 aliphatic carbocycles. The molecule has 0 radical (unpaired) electrons. The van der Waals surface area contributed by atoms with Crippen LogP contribution in [0.3, 0.4) is 0 Å². The third-order valence-corrected chi connectivity index (χ3v) is 6.43. The normalized spacial score (nSPS) is 12.7. The minimum atomic E-state index is -3.71. The van der Waals surface area contributed by atoms with Crippen LogP contribution in [0.2, 0.25) is 0 Å². The maximum atomic E-state index is 12.4. The van der Waals surface area contributed by atoms with Gasteiger partial charge in [0.15, 0.2) is 0 Å². The summed E-state index contributed by atoms with van der Waals surface area (Å²) < 4.78 is 27.1. The predicted molar refractivity (Wildman–Crippen MR) is 99.4 cm³/mol. The molecule has 146 valence electrons. The van der Waals surface area contributed by atoms with Crippen molar-refractivity contribution in [1.29, 1.82) is 0 Å². The highest BCUT2D eigenvalue weighted by Gasteiger charge is 2.44. The molecule has 0 aliphatic heterocycles. The number of carbonyl (C=O) groups excluding carboxylic acids is 1. The number of nitrogens with one attached hydrogen (secondary N) is 2. The molecule has 3 N–H and O–H groups in total. The molecule has 0 bridgehead atoms. The van der Waals surface area contributed by atoms with E-state index in [1.807, 2.05) is 6.92 Å². The molecular weight excluding hydrogens is 356 g/mol. The van der Waals surface area contributed by atoms with Gasteiger partial charge >= 0.3 is 5.97 Å². The van der Waals surface area contributed by atoms with Gasteiger partial charge in [0.25, 0.3) is 0 Å². The van der Waals surface area contributed by atoms with Gasteiger partial charge in [-0.15, -0.1) is 0 Å². The Kier molecular flexibility index (Phi) is 6.59. The lowest BCUT2D eigenvalue weighted by molar-refractivity contribution is -0.151. The summed E-state index contributed by atoms with van der Waals surface area (Å²) in [5.74, 6) is -1.45. The molecule has 0 atom stereocenters. The summed E-state index contributed by atoms with van der Waals surface area (Å²) >= 11 is 0. The van der Waals surface area contributed by atoms with Gasteiger partial charge in [-0.2, -0.15) is 0 Å². The molecule has 7 nitrogen and oxygen atoms in total. The summed E-state index contributed by atoms with van der Waals surface area (Å²) in [4.78, 5) is 23.7. The van der Waals surface area contributed by atoms with E-state index in [0.717, 1.165) is 5.56 Å². The average Bonchev–Trinajstić information content (AvgIpc) is 2.45. The molecule has 0 aliphatic rings. The molecule has 1 aromatic carbocycles. The molecule has 8 heteroatoms. The Balaban J connectivity index is 2.70. The molecule has 1 aromatic rings. The molecule has 1 rings (SSSR count). The molecule has 0 saturated heterocycles. The van der Waals surface area contributed by atoms with Crippen molar-refractivity contribution < 1.29 is 23.1 Å². The number of rotatable bonds is 8. The van der Waals surface area contributed by atoms with E-state index in [-0.39, 0.29) is 17.9 Å². The summed E-state index contributed by atoms with van der Waals surface area (Å²) in [6, 6.07) is 5.02. The van der Waals surface area contributed by atoms with Gasteiger partial charge in [-0.1, -0.05) is 17.7 Å². The number of amides is 1. The lowest BCUT2D eigenvalue weighted by atomic mass is 9.74. The fourth-order valence-corrected chi connectivity index (χ4v) is 3.57. The molecule has 0 fully saturated rings. The maximum Gasteiger partial charge on any atom is 0.311 e. The highest BCUT2D eigenvalue weighted by atomic mass is 32.2. The molecule has 0 spiro atoms. The van der Waals surface area contributed by atoms with Crippen molar-refractivity contribution in [2.24, 2.45) is 5.41 Å². The minimum absolute atomic E-state index is 0.0783. The second kappa shape index (κ2) is 7.75. The molecule has 0 saturated carbocycles. The van der Waals surface area contributed by atoms with Crippen molar-refractivity contribution >= 4 is 21.9 Å². The zero-order valence-corrected chi connectivity index (χ0v) is 17.0. The molecule has 0 aromatic heterocycles. The van der Waals surface area contributed by atoms with Crippen molar-refractivity contribution in [3.8, 4) is 0 Å². The first-order valence-electron chi connectivity index (χ1n) is 8.32. The highest BCUT2D eigenvalue weighted by Crippen LogP contribution is 2.30. The number of carboxylic acid groups (broad SMARTS) is 1. The molecule has 0 unspecified atom stereocenters. The van der Waals surface area contributed by atoms with E-state index >= 15 is 0 Å². The van der Waals surface area contributed by atoms with Crippen molar-refractivity contribution in [2.75, 3.05) is 6.54 Å². The van der Waals surface area contributed by atoms with Crippen LogP contribution < -0.4 is 10.0 Å². The Morgan fingerprint density at radius 2 is 1.69 bits per heavy atom. The number of carbonyl (C=O) groups is 2. The summed E-state index contributed by atoms with van der Waals surface area (Å²) in [6.07, 6.45) is -0.0940. The Morgan fingerprint density at radius 1 is 1.12 bits per heavy atom. The van der Waals surface area contributed by atoms with Crippen LogP contribution >= 0.6 is 0 Å². The summed E-state index contributed by atoms with van der Waals surface area (Å²) in [7, 11) is -3.71. The Morgan fingerprint density at radius 3 is 2.19 bits per heavy atom. The van der Waals surface area contributed by atoms with Crippen molar-refractivity contribution in [1.82, 2.24) is 10.0 Å². The largest absolute Gasteiger partial charge is 0.481 e. The lowest BCUT2D eigenvalue weighted by Crippen LogP contribution is -2.57. The number of benzene rings is 1. The number of hydrogen-bond acceptors (Lipinski definition) is 4. The Labute approximate surface area is 155 Å². The van der Waals surface area contributed by atoms with E-state index in [9.17, 15) is 23.1 Å². The van der Waals surface area contributed by atoms with Crippen LogP contribution in [0, 0.1) is 19.3 Å². The van der Waals surface area contributed by atoms with Crippen LogP contribution in [0.25, 0.3) is 0 Å². The van der Waals surface area contributed by atoms with Crippen molar-refractivity contribution in [2.45, 2.75) is 58.4 Å². The third-order valence-electron chi connectivity index (χ3n) is 4.81. The van der Waals surface area contributed by atoms with E-state index in [0.29, 0.717) is 5.56 Å². The SMILES string of the molecule is Cc1ccc(S(=O)(=O)NCCC(=O)NC(C)(C)C(C)(C)C(=O)O)c(C)c1. The van der Waals surface area contributed by atoms with Crippen LogP contribution in [0.5, 0.6) is 0 Å². The van der Waals surface area contributed by atoms with Crippen LogP contribution in [-0.4, -0.2) is 37.5 Å². The van der Waals surface area contributed by atoms with Crippen molar-refractivity contribution in [3.63, 3.8) is 0 Å². The second-order valence-electron chi connectivity index (χ2n) is 7.52. The number of hydrogen-bond donors (Lipinski definition) is 3. The maximum absolute atomic E-state index is 12.4. The van der Waals surface area contributed by atoms with Crippen molar-refractivity contribution in [3.05, 3.63) is 29.3 Å². The lowest BCUT2D eigenvalue weighted by Gasteiger charge is -2.38. The van der Waals surface area contributed by atoms with Gasteiger partial charge in [0, 0.05) is 18.5 Å². The third kappa shape index (κ3) is 5.04. The summed E-state index contributed by atoms with van der Waals surface area (Å²) in [5.41, 5.74) is -0.584. The van der Waals surface area contributed by atoms with Gasteiger partial charge in [-0.25, -0.2) is 13.1 Å². The molecular formula is C18H28N2O5S. The van der Waals surface area contributed by atoms with Gasteiger partial charge in [0.05, 0.1) is 10.3 Å². The zero-order chi connectivity index (χ0) is 20.3. The number of carboxylic acids is 1. The quantitative estimate of drug-likeness (QED) is 0.634. The van der Waals surface area contributed by atoms with Crippen LogP contribution in [-0.2, 0) is 19.6 Å². The van der Waals surface area contributed by atoms with E-state index in [1.54, 1.807) is 32.9 Å². The molecule has 1 amide bonds. The van der Waals surface area contributed by atoms with Crippen LogP contribution in [0.1, 0.15) is 45.2 Å². The highest BCUT2D eigenvalue weighted by molar-refractivity contribution is 7.89. The number of sulfonamides is 1. The summed E-state index contributed by atoms with van der Waals surface area (Å²) in [5, 5.41) is 12.0. The van der Waals surface area contributed by atoms with Gasteiger partial charge in [0.2, 0.25) is 15.9 Å². The fraction of sp³-hybridized carbons (Fsp3) is 0.556. The predicted octanol–water partition coefficient (Wildman–Crippen LogP) is 1.98. The van der Waals surface area contributed by atoms with Gasteiger partial charge < -0.3 is 10.4 Å². The number of aryl methyl sites for hydroxylation is 2. The topological polar surface area (TPSA) is 113 Å². The first-order chi connectivity index (χ1) is 11.7. The van der Waals surface area contributed by atoms with Crippen LogP contribution in [0.4, 0.5) is 0 Å². The van der Waals surface area contributed by atoms with Gasteiger partial charge in [0.1, 0.15) is 0 Å².